The lowest BCUT2D eigenvalue weighted by Crippen LogP contribution is -2.31. The number of carbonyl (C=O) groups is 1. The summed E-state index contributed by atoms with van der Waals surface area (Å²) in [6.45, 7) is 3.55. The van der Waals surface area contributed by atoms with E-state index in [-0.39, 0.29) is 24.4 Å². The van der Waals surface area contributed by atoms with E-state index in [4.69, 9.17) is 17.3 Å². The van der Waals surface area contributed by atoms with Gasteiger partial charge in [-0.2, -0.15) is 0 Å². The Balaban J connectivity index is 2.69. The third kappa shape index (κ3) is 4.32. The Morgan fingerprint density at radius 3 is 2.71 bits per heavy atom. The molecule has 2 unspecified atom stereocenters. The molecule has 2 atom stereocenters. The predicted octanol–water partition coefficient (Wildman–Crippen LogP) is 2.39. The Kier molecular flexibility index (Phi) is 4.90. The second-order valence-electron chi connectivity index (χ2n) is 4.14. The van der Waals surface area contributed by atoms with Crippen LogP contribution in [0, 0.1) is 5.82 Å². The van der Waals surface area contributed by atoms with Gasteiger partial charge in [-0.3, -0.25) is 4.79 Å². The summed E-state index contributed by atoms with van der Waals surface area (Å²) in [5.74, 6) is -0.541. The van der Waals surface area contributed by atoms with E-state index < -0.39 is 5.82 Å². The van der Waals surface area contributed by atoms with Gasteiger partial charge in [0.25, 0.3) is 0 Å². The second kappa shape index (κ2) is 5.98. The van der Waals surface area contributed by atoms with Crippen LogP contribution >= 0.6 is 11.6 Å². The smallest absolute Gasteiger partial charge is 0.222 e. The average molecular weight is 259 g/mol. The first-order chi connectivity index (χ1) is 7.90. The highest BCUT2D eigenvalue weighted by atomic mass is 35.5. The first kappa shape index (κ1) is 13.9. The number of rotatable bonds is 4. The Hall–Kier alpha value is -1.13. The highest BCUT2D eigenvalue weighted by molar-refractivity contribution is 6.31. The summed E-state index contributed by atoms with van der Waals surface area (Å²) in [6, 6.07) is 3.65. The van der Waals surface area contributed by atoms with Gasteiger partial charge in [-0.1, -0.05) is 17.7 Å². The molecular weight excluding hydrogens is 243 g/mol. The lowest BCUT2D eigenvalue weighted by Gasteiger charge is -2.16. The van der Waals surface area contributed by atoms with Crippen LogP contribution in [0.15, 0.2) is 18.2 Å². The van der Waals surface area contributed by atoms with Crippen LogP contribution in [0.1, 0.15) is 31.9 Å². The largest absolute Gasteiger partial charge is 0.349 e. The van der Waals surface area contributed by atoms with Gasteiger partial charge in [0.15, 0.2) is 0 Å². The molecule has 1 amide bonds. The van der Waals surface area contributed by atoms with Crippen LogP contribution < -0.4 is 11.1 Å². The predicted molar refractivity (Wildman–Crippen MR) is 66.2 cm³/mol. The van der Waals surface area contributed by atoms with E-state index in [1.165, 1.54) is 12.1 Å². The fraction of sp³-hybridized carbons (Fsp3) is 0.417. The maximum Gasteiger partial charge on any atom is 0.222 e. The van der Waals surface area contributed by atoms with Gasteiger partial charge in [-0.15, -0.1) is 0 Å². The molecule has 94 valence electrons. The number of carbonyl (C=O) groups excluding carboxylic acids is 1. The van der Waals surface area contributed by atoms with E-state index in [1.54, 1.807) is 19.9 Å². The molecule has 0 bridgehead atoms. The molecule has 1 rings (SSSR count). The van der Waals surface area contributed by atoms with Crippen molar-refractivity contribution in [2.75, 3.05) is 0 Å². The van der Waals surface area contributed by atoms with E-state index >= 15 is 0 Å². The SMILES string of the molecule is CC(N)CC(=O)NC(C)c1ccc(F)cc1Cl. The fourth-order valence-corrected chi connectivity index (χ4v) is 1.85. The van der Waals surface area contributed by atoms with Crippen LogP contribution in [0.5, 0.6) is 0 Å². The van der Waals surface area contributed by atoms with Crippen LogP contribution in [0.2, 0.25) is 5.02 Å². The summed E-state index contributed by atoms with van der Waals surface area (Å²) in [5, 5.41) is 3.07. The Morgan fingerprint density at radius 1 is 1.53 bits per heavy atom. The molecule has 0 aliphatic carbocycles. The van der Waals surface area contributed by atoms with Crippen molar-refractivity contribution < 1.29 is 9.18 Å². The normalized spacial score (nSPS) is 14.2. The quantitative estimate of drug-likeness (QED) is 0.871. The van der Waals surface area contributed by atoms with Gasteiger partial charge < -0.3 is 11.1 Å². The summed E-state index contributed by atoms with van der Waals surface area (Å²) in [5.41, 5.74) is 6.21. The summed E-state index contributed by atoms with van der Waals surface area (Å²) in [4.78, 5) is 11.5. The minimum absolute atomic E-state index is 0.145. The lowest BCUT2D eigenvalue weighted by molar-refractivity contribution is -0.121. The van der Waals surface area contributed by atoms with Crippen molar-refractivity contribution in [2.24, 2.45) is 5.73 Å². The van der Waals surface area contributed by atoms with Gasteiger partial charge in [-0.05, 0) is 31.5 Å². The molecule has 3 N–H and O–H groups in total. The van der Waals surface area contributed by atoms with Crippen molar-refractivity contribution >= 4 is 17.5 Å². The second-order valence-corrected chi connectivity index (χ2v) is 4.54. The molecule has 3 nitrogen and oxygen atoms in total. The molecule has 0 aromatic heterocycles. The van der Waals surface area contributed by atoms with Gasteiger partial charge in [0.1, 0.15) is 5.82 Å². The zero-order valence-electron chi connectivity index (χ0n) is 9.84. The van der Waals surface area contributed by atoms with Crippen molar-refractivity contribution in [1.29, 1.82) is 0 Å². The number of benzene rings is 1. The lowest BCUT2D eigenvalue weighted by atomic mass is 10.1. The first-order valence-electron chi connectivity index (χ1n) is 5.40. The van der Waals surface area contributed by atoms with Crippen molar-refractivity contribution in [1.82, 2.24) is 5.32 Å². The van der Waals surface area contributed by atoms with Crippen LogP contribution in [0.3, 0.4) is 0 Å². The molecule has 1 aromatic rings. The number of halogens is 2. The van der Waals surface area contributed by atoms with Crippen molar-refractivity contribution in [3.8, 4) is 0 Å². The van der Waals surface area contributed by atoms with E-state index in [2.05, 4.69) is 5.32 Å². The molecule has 0 aliphatic rings. The topological polar surface area (TPSA) is 55.1 Å². The molecule has 17 heavy (non-hydrogen) atoms. The maximum absolute atomic E-state index is 12.9. The number of amides is 1. The zero-order chi connectivity index (χ0) is 13.0. The van der Waals surface area contributed by atoms with Crippen LogP contribution in [-0.2, 0) is 4.79 Å². The van der Waals surface area contributed by atoms with E-state index in [0.29, 0.717) is 10.6 Å². The summed E-state index contributed by atoms with van der Waals surface area (Å²) >= 11 is 5.90. The van der Waals surface area contributed by atoms with Crippen LogP contribution in [-0.4, -0.2) is 11.9 Å². The Morgan fingerprint density at radius 2 is 2.18 bits per heavy atom. The molecule has 0 aliphatic heterocycles. The van der Waals surface area contributed by atoms with Gasteiger partial charge in [-0.25, -0.2) is 4.39 Å². The molecule has 0 heterocycles. The van der Waals surface area contributed by atoms with Gasteiger partial charge in [0.05, 0.1) is 6.04 Å². The summed E-state index contributed by atoms with van der Waals surface area (Å²) in [7, 11) is 0. The zero-order valence-corrected chi connectivity index (χ0v) is 10.6. The van der Waals surface area contributed by atoms with E-state index in [9.17, 15) is 9.18 Å². The molecule has 0 spiro atoms. The van der Waals surface area contributed by atoms with Crippen LogP contribution in [0.4, 0.5) is 4.39 Å². The molecular formula is C12H16ClFN2O. The maximum atomic E-state index is 12.9. The highest BCUT2D eigenvalue weighted by Crippen LogP contribution is 2.23. The van der Waals surface area contributed by atoms with Crippen molar-refractivity contribution in [3.05, 3.63) is 34.6 Å². The molecule has 0 radical (unpaired) electrons. The molecule has 0 saturated heterocycles. The number of nitrogens with one attached hydrogen (secondary N) is 1. The number of hydrogen-bond donors (Lipinski definition) is 2. The molecule has 0 fully saturated rings. The van der Waals surface area contributed by atoms with Gasteiger partial charge in [0.2, 0.25) is 5.91 Å². The van der Waals surface area contributed by atoms with Gasteiger partial charge >= 0.3 is 0 Å². The standard InChI is InChI=1S/C12H16ClFN2O/c1-7(15)5-12(17)16-8(2)10-4-3-9(14)6-11(10)13/h3-4,6-8H,5,15H2,1-2H3,(H,16,17). The highest BCUT2D eigenvalue weighted by Gasteiger charge is 2.13. The third-order valence-electron chi connectivity index (χ3n) is 2.31. The monoisotopic (exact) mass is 258 g/mol. The molecule has 5 heteroatoms. The Bertz CT molecular complexity index is 409. The summed E-state index contributed by atoms with van der Waals surface area (Å²) in [6.07, 6.45) is 0.253. The molecule has 1 aromatic carbocycles. The van der Waals surface area contributed by atoms with Crippen molar-refractivity contribution in [2.45, 2.75) is 32.4 Å². The fourth-order valence-electron chi connectivity index (χ4n) is 1.52. The van der Waals surface area contributed by atoms with Gasteiger partial charge in [0, 0.05) is 17.5 Å². The van der Waals surface area contributed by atoms with E-state index in [1.807, 2.05) is 0 Å². The number of nitrogens with two attached hydrogens (primary N) is 1. The summed E-state index contributed by atoms with van der Waals surface area (Å²) < 4.78 is 12.9. The minimum atomic E-state index is -0.396. The number of hydrogen-bond acceptors (Lipinski definition) is 2. The average Bonchev–Trinajstić information content (AvgIpc) is 2.15. The third-order valence-corrected chi connectivity index (χ3v) is 2.64. The van der Waals surface area contributed by atoms with Crippen molar-refractivity contribution in [3.63, 3.8) is 0 Å². The Labute approximate surface area is 105 Å². The first-order valence-corrected chi connectivity index (χ1v) is 5.78. The van der Waals surface area contributed by atoms with Crippen LogP contribution in [0.25, 0.3) is 0 Å². The minimum Gasteiger partial charge on any atom is -0.349 e. The molecule has 0 saturated carbocycles. The van der Waals surface area contributed by atoms with E-state index in [0.717, 1.165) is 0 Å².